The largest absolute Gasteiger partial charge is 0.465 e. The molecule has 0 atom stereocenters. The highest BCUT2D eigenvalue weighted by Crippen LogP contribution is 2.25. The van der Waals surface area contributed by atoms with Crippen LogP contribution in [-0.4, -0.2) is 45.5 Å². The van der Waals surface area contributed by atoms with Crippen LogP contribution in [-0.2, 0) is 25.7 Å². The molecule has 2 heterocycles. The summed E-state index contributed by atoms with van der Waals surface area (Å²) in [7, 11) is 0. The average molecular weight is 397 g/mol. The van der Waals surface area contributed by atoms with Crippen molar-refractivity contribution in [3.8, 4) is 0 Å². The molecule has 1 saturated heterocycles. The molecule has 3 rings (SSSR count). The molecule has 2 aromatic rings. The van der Waals surface area contributed by atoms with E-state index in [-0.39, 0.29) is 29.7 Å². The summed E-state index contributed by atoms with van der Waals surface area (Å²) in [6.07, 6.45) is 4.77. The van der Waals surface area contributed by atoms with Crippen LogP contribution in [0.25, 0.3) is 17.0 Å². The van der Waals surface area contributed by atoms with Gasteiger partial charge in [0.25, 0.3) is 11.8 Å². The molecule has 0 unspecified atom stereocenters. The van der Waals surface area contributed by atoms with Crippen molar-refractivity contribution >= 4 is 52.1 Å². The molecule has 0 radical (unpaired) electrons. The normalized spacial score (nSPS) is 15.8. The molecule has 0 aliphatic carbocycles. The number of ether oxygens (including phenoxy) is 1. The van der Waals surface area contributed by atoms with Gasteiger partial charge in [-0.15, -0.1) is 6.58 Å². The van der Waals surface area contributed by atoms with Crippen LogP contribution in [0.1, 0.15) is 12.5 Å². The Kier molecular flexibility index (Phi) is 5.70. The summed E-state index contributed by atoms with van der Waals surface area (Å²) in [6.45, 7) is 5.87. The third kappa shape index (κ3) is 3.72. The van der Waals surface area contributed by atoms with E-state index >= 15 is 0 Å². The zero-order chi connectivity index (χ0) is 20.3. The van der Waals surface area contributed by atoms with Crippen molar-refractivity contribution in [2.24, 2.45) is 0 Å². The summed E-state index contributed by atoms with van der Waals surface area (Å²) >= 11 is 5.06. The standard InChI is InChI=1S/C20H19N3O4S/c1-3-9-23-19(26)15(18(25)21-20(23)28)10-13-11-22(12-17(24)27-4-2)16-8-6-5-7-14(13)16/h3,5-8,10-11H,1,4,9,12H2,2H3,(H,21,25,28)/b15-10+. The van der Waals surface area contributed by atoms with Gasteiger partial charge in [0, 0.05) is 29.2 Å². The zero-order valence-corrected chi connectivity index (χ0v) is 16.1. The topological polar surface area (TPSA) is 80.6 Å². The highest BCUT2D eigenvalue weighted by Gasteiger charge is 2.32. The van der Waals surface area contributed by atoms with Crippen LogP contribution in [0.3, 0.4) is 0 Å². The van der Waals surface area contributed by atoms with Gasteiger partial charge in [-0.3, -0.25) is 24.6 Å². The van der Waals surface area contributed by atoms with Crippen molar-refractivity contribution < 1.29 is 19.1 Å². The molecule has 0 bridgehead atoms. The van der Waals surface area contributed by atoms with Crippen molar-refractivity contribution in [3.63, 3.8) is 0 Å². The van der Waals surface area contributed by atoms with E-state index in [4.69, 9.17) is 17.0 Å². The quantitative estimate of drug-likeness (QED) is 0.265. The number of aromatic nitrogens is 1. The van der Waals surface area contributed by atoms with Gasteiger partial charge in [0.2, 0.25) is 0 Å². The number of fused-ring (bicyclic) bond motifs is 1. The lowest BCUT2D eigenvalue weighted by Crippen LogP contribution is -2.53. The second kappa shape index (κ2) is 8.18. The summed E-state index contributed by atoms with van der Waals surface area (Å²) in [5.41, 5.74) is 1.41. The Hall–Kier alpha value is -3.26. The minimum atomic E-state index is -0.558. The molecular formula is C20H19N3O4S. The van der Waals surface area contributed by atoms with E-state index < -0.39 is 11.8 Å². The second-order valence-corrected chi connectivity index (χ2v) is 6.44. The van der Waals surface area contributed by atoms with E-state index in [1.54, 1.807) is 17.7 Å². The number of amides is 2. The monoisotopic (exact) mass is 397 g/mol. The summed E-state index contributed by atoms with van der Waals surface area (Å²) in [4.78, 5) is 38.3. The first-order chi connectivity index (χ1) is 13.5. The van der Waals surface area contributed by atoms with E-state index in [9.17, 15) is 14.4 Å². The number of benzene rings is 1. The SMILES string of the molecule is C=CCN1C(=O)/C(=C/c2cn(CC(=O)OCC)c3ccccc23)C(=O)NC1=S. The van der Waals surface area contributed by atoms with Gasteiger partial charge < -0.3 is 9.30 Å². The Balaban J connectivity index is 2.04. The first-order valence-corrected chi connectivity index (χ1v) is 9.10. The van der Waals surface area contributed by atoms with Gasteiger partial charge in [0.05, 0.1) is 6.61 Å². The fourth-order valence-electron chi connectivity index (χ4n) is 3.01. The molecule has 1 aliphatic rings. The van der Waals surface area contributed by atoms with Crippen LogP contribution >= 0.6 is 12.2 Å². The fourth-order valence-corrected chi connectivity index (χ4v) is 3.26. The molecule has 1 aliphatic heterocycles. The third-order valence-electron chi connectivity index (χ3n) is 4.22. The number of nitrogens with one attached hydrogen (secondary N) is 1. The molecule has 0 saturated carbocycles. The van der Waals surface area contributed by atoms with E-state index in [1.807, 2.05) is 24.3 Å². The lowest BCUT2D eigenvalue weighted by Gasteiger charge is -2.27. The molecule has 1 aromatic carbocycles. The van der Waals surface area contributed by atoms with E-state index in [0.29, 0.717) is 12.2 Å². The molecule has 1 N–H and O–H groups in total. The molecule has 0 spiro atoms. The number of esters is 1. The lowest BCUT2D eigenvalue weighted by atomic mass is 10.1. The van der Waals surface area contributed by atoms with E-state index in [1.165, 1.54) is 17.1 Å². The number of carbonyl (C=O) groups is 3. The number of carbonyl (C=O) groups excluding carboxylic acids is 3. The van der Waals surface area contributed by atoms with E-state index in [0.717, 1.165) is 10.9 Å². The lowest BCUT2D eigenvalue weighted by molar-refractivity contribution is -0.143. The predicted octanol–water partition coefficient (Wildman–Crippen LogP) is 2.02. The summed E-state index contributed by atoms with van der Waals surface area (Å²) in [5, 5.41) is 3.38. The highest BCUT2D eigenvalue weighted by molar-refractivity contribution is 7.80. The Morgan fingerprint density at radius 3 is 2.79 bits per heavy atom. The van der Waals surface area contributed by atoms with Crippen molar-refractivity contribution in [1.29, 1.82) is 0 Å². The van der Waals surface area contributed by atoms with Gasteiger partial charge >= 0.3 is 5.97 Å². The number of thiocarbonyl (C=S) groups is 1. The maximum absolute atomic E-state index is 12.7. The zero-order valence-electron chi connectivity index (χ0n) is 15.3. The third-order valence-corrected chi connectivity index (χ3v) is 4.54. The average Bonchev–Trinajstić information content (AvgIpc) is 3.00. The molecule has 8 heteroatoms. The van der Waals surface area contributed by atoms with Crippen molar-refractivity contribution in [1.82, 2.24) is 14.8 Å². The van der Waals surface area contributed by atoms with Gasteiger partial charge in [0.1, 0.15) is 12.1 Å². The minimum Gasteiger partial charge on any atom is -0.465 e. The van der Waals surface area contributed by atoms with Crippen LogP contribution < -0.4 is 5.32 Å². The summed E-state index contributed by atoms with van der Waals surface area (Å²) in [5.74, 6) is -1.41. The molecule has 1 fully saturated rings. The number of hydrogen-bond acceptors (Lipinski definition) is 5. The van der Waals surface area contributed by atoms with Crippen molar-refractivity contribution in [2.75, 3.05) is 13.2 Å². The van der Waals surface area contributed by atoms with Gasteiger partial charge in [-0.25, -0.2) is 0 Å². The first-order valence-electron chi connectivity index (χ1n) is 8.69. The van der Waals surface area contributed by atoms with Crippen molar-refractivity contribution in [2.45, 2.75) is 13.5 Å². The minimum absolute atomic E-state index is 0.0321. The highest BCUT2D eigenvalue weighted by atomic mass is 32.1. The van der Waals surface area contributed by atoms with Gasteiger partial charge in [-0.05, 0) is 31.3 Å². The summed E-state index contributed by atoms with van der Waals surface area (Å²) < 4.78 is 6.75. The molecule has 28 heavy (non-hydrogen) atoms. The molecule has 1 aromatic heterocycles. The Morgan fingerprint density at radius 1 is 1.32 bits per heavy atom. The molecule has 7 nitrogen and oxygen atoms in total. The predicted molar refractivity (Wildman–Crippen MR) is 109 cm³/mol. The molecule has 144 valence electrons. The summed E-state index contributed by atoms with van der Waals surface area (Å²) in [6, 6.07) is 7.42. The van der Waals surface area contributed by atoms with Crippen molar-refractivity contribution in [3.05, 3.63) is 54.3 Å². The smallest absolute Gasteiger partial charge is 0.325 e. The Morgan fingerprint density at radius 2 is 2.07 bits per heavy atom. The van der Waals surface area contributed by atoms with Crippen LogP contribution in [0.15, 0.2) is 48.7 Å². The Bertz CT molecular complexity index is 1020. The van der Waals surface area contributed by atoms with Gasteiger partial charge in [-0.1, -0.05) is 24.3 Å². The second-order valence-electron chi connectivity index (χ2n) is 6.06. The molecular weight excluding hydrogens is 378 g/mol. The van der Waals surface area contributed by atoms with Crippen LogP contribution in [0.4, 0.5) is 0 Å². The maximum atomic E-state index is 12.7. The van der Waals surface area contributed by atoms with Crippen LogP contribution in [0, 0.1) is 0 Å². The Labute approximate surface area is 167 Å². The molecule has 2 amide bonds. The van der Waals surface area contributed by atoms with Crippen LogP contribution in [0.5, 0.6) is 0 Å². The fraction of sp³-hybridized carbons (Fsp3) is 0.200. The number of nitrogens with zero attached hydrogens (tertiary/aromatic N) is 2. The van der Waals surface area contributed by atoms with Gasteiger partial charge in [0.15, 0.2) is 5.11 Å². The van der Waals surface area contributed by atoms with Gasteiger partial charge in [-0.2, -0.15) is 0 Å². The number of hydrogen-bond donors (Lipinski definition) is 1. The number of para-hydroxylation sites is 1. The van der Waals surface area contributed by atoms with E-state index in [2.05, 4.69) is 11.9 Å². The number of rotatable bonds is 6. The maximum Gasteiger partial charge on any atom is 0.325 e. The first kappa shape index (κ1) is 19.5. The van der Waals surface area contributed by atoms with Crippen LogP contribution in [0.2, 0.25) is 0 Å².